The van der Waals surface area contributed by atoms with Crippen LogP contribution in [0.25, 0.3) is 0 Å². The molecule has 3 aromatic rings. The lowest BCUT2D eigenvalue weighted by Gasteiger charge is -2.08. The first kappa shape index (κ1) is 19.2. The Morgan fingerprint density at radius 2 is 1.96 bits per heavy atom. The van der Waals surface area contributed by atoms with Gasteiger partial charge in [0.2, 0.25) is 5.91 Å². The van der Waals surface area contributed by atoms with Crippen molar-refractivity contribution in [1.82, 2.24) is 9.97 Å². The van der Waals surface area contributed by atoms with Crippen LogP contribution in [0.4, 0.5) is 5.69 Å². The van der Waals surface area contributed by atoms with Gasteiger partial charge in [0, 0.05) is 28.4 Å². The average Bonchev–Trinajstić information content (AvgIpc) is 2.64. The van der Waals surface area contributed by atoms with Crippen LogP contribution in [0.1, 0.15) is 16.8 Å². The molecule has 0 aliphatic heterocycles. The van der Waals surface area contributed by atoms with E-state index in [1.165, 1.54) is 11.8 Å². The van der Waals surface area contributed by atoms with E-state index in [4.69, 9.17) is 11.6 Å². The van der Waals surface area contributed by atoms with Crippen molar-refractivity contribution in [3.8, 4) is 0 Å². The van der Waals surface area contributed by atoms with E-state index in [1.54, 1.807) is 24.3 Å². The van der Waals surface area contributed by atoms with Crippen LogP contribution in [0.3, 0.4) is 0 Å². The molecular formula is C20H18ClN3O2S. The minimum Gasteiger partial charge on any atom is -0.325 e. The highest BCUT2D eigenvalue weighted by atomic mass is 35.5. The maximum Gasteiger partial charge on any atom is 0.255 e. The number of halogens is 1. The van der Waals surface area contributed by atoms with Gasteiger partial charge in [0.15, 0.2) is 5.16 Å². The van der Waals surface area contributed by atoms with Gasteiger partial charge < -0.3 is 10.3 Å². The molecule has 3 rings (SSSR count). The van der Waals surface area contributed by atoms with E-state index in [0.29, 0.717) is 33.5 Å². The number of benzene rings is 2. The number of thioether (sulfide) groups is 1. The minimum atomic E-state index is -0.198. The summed E-state index contributed by atoms with van der Waals surface area (Å²) in [5.41, 5.74) is 2.80. The normalized spacial score (nSPS) is 10.6. The van der Waals surface area contributed by atoms with Gasteiger partial charge in [-0.05, 0) is 30.7 Å². The highest BCUT2D eigenvalue weighted by Gasteiger charge is 2.11. The first-order chi connectivity index (χ1) is 13.0. The zero-order valence-corrected chi connectivity index (χ0v) is 16.2. The molecule has 0 atom stereocenters. The number of amides is 1. The number of carbonyl (C=O) groups excluding carboxylic acids is 1. The number of nitrogens with zero attached hydrogens (tertiary/aromatic N) is 1. The Balaban J connectivity index is 1.64. The zero-order chi connectivity index (χ0) is 19.2. The van der Waals surface area contributed by atoms with Crippen LogP contribution in [0, 0.1) is 6.92 Å². The number of nitrogens with one attached hydrogen (secondary N) is 2. The molecule has 0 aliphatic rings. The minimum absolute atomic E-state index is 0.132. The lowest BCUT2D eigenvalue weighted by atomic mass is 10.1. The van der Waals surface area contributed by atoms with Crippen molar-refractivity contribution in [2.45, 2.75) is 18.5 Å². The Hall–Kier alpha value is -2.57. The molecule has 0 spiro atoms. The third-order valence-corrected chi connectivity index (χ3v) is 4.98. The number of rotatable bonds is 6. The van der Waals surface area contributed by atoms with Crippen molar-refractivity contribution < 1.29 is 4.79 Å². The summed E-state index contributed by atoms with van der Waals surface area (Å²) in [4.78, 5) is 31.7. The second kappa shape index (κ2) is 8.88. The number of carbonyl (C=O) groups is 1. The SMILES string of the molecule is Cc1nc(SCC(=O)Nc2cccc(Cl)c2)[nH]c(=O)c1Cc1ccccc1. The van der Waals surface area contributed by atoms with E-state index in [1.807, 2.05) is 37.3 Å². The Labute approximate surface area is 166 Å². The van der Waals surface area contributed by atoms with Crippen molar-refractivity contribution in [2.24, 2.45) is 0 Å². The van der Waals surface area contributed by atoms with Gasteiger partial charge in [0.05, 0.1) is 5.75 Å². The topological polar surface area (TPSA) is 74.8 Å². The fourth-order valence-corrected chi connectivity index (χ4v) is 3.45. The lowest BCUT2D eigenvalue weighted by Crippen LogP contribution is -2.19. The first-order valence-corrected chi connectivity index (χ1v) is 9.69. The van der Waals surface area contributed by atoms with E-state index in [2.05, 4.69) is 15.3 Å². The molecule has 1 amide bonds. The molecule has 1 heterocycles. The molecular weight excluding hydrogens is 382 g/mol. The smallest absolute Gasteiger partial charge is 0.255 e. The molecule has 0 radical (unpaired) electrons. The Kier molecular flexibility index (Phi) is 6.32. The first-order valence-electron chi connectivity index (χ1n) is 8.33. The number of anilines is 1. The standard InChI is InChI=1S/C20H18ClN3O2S/c1-13-17(10-14-6-3-2-4-7-14)19(26)24-20(22-13)27-12-18(25)23-16-9-5-8-15(21)11-16/h2-9,11H,10,12H2,1H3,(H,23,25)(H,22,24,26). The highest BCUT2D eigenvalue weighted by Crippen LogP contribution is 2.17. The maximum atomic E-state index is 12.4. The number of aryl methyl sites for hydroxylation is 1. The van der Waals surface area contributed by atoms with Crippen molar-refractivity contribution in [3.05, 3.63) is 86.8 Å². The van der Waals surface area contributed by atoms with Crippen LogP contribution in [0.5, 0.6) is 0 Å². The van der Waals surface area contributed by atoms with Gasteiger partial charge in [-0.15, -0.1) is 0 Å². The lowest BCUT2D eigenvalue weighted by molar-refractivity contribution is -0.113. The van der Waals surface area contributed by atoms with Crippen LogP contribution < -0.4 is 10.9 Å². The third-order valence-electron chi connectivity index (χ3n) is 3.87. The van der Waals surface area contributed by atoms with E-state index < -0.39 is 0 Å². The van der Waals surface area contributed by atoms with Crippen molar-refractivity contribution >= 4 is 35.0 Å². The summed E-state index contributed by atoms with van der Waals surface area (Å²) >= 11 is 7.09. The largest absolute Gasteiger partial charge is 0.325 e. The molecule has 0 unspecified atom stereocenters. The monoisotopic (exact) mass is 399 g/mol. The molecule has 0 aliphatic carbocycles. The summed E-state index contributed by atoms with van der Waals surface area (Å²) in [6.07, 6.45) is 0.523. The summed E-state index contributed by atoms with van der Waals surface area (Å²) in [6, 6.07) is 16.7. The average molecular weight is 400 g/mol. The van der Waals surface area contributed by atoms with Crippen molar-refractivity contribution in [1.29, 1.82) is 0 Å². The van der Waals surface area contributed by atoms with E-state index in [-0.39, 0.29) is 17.2 Å². The van der Waals surface area contributed by atoms with E-state index in [9.17, 15) is 9.59 Å². The summed E-state index contributed by atoms with van der Waals surface area (Å²) < 4.78 is 0. The molecule has 138 valence electrons. The number of aromatic nitrogens is 2. The van der Waals surface area contributed by atoms with Crippen LogP contribution in [0.2, 0.25) is 5.02 Å². The molecule has 5 nitrogen and oxygen atoms in total. The molecule has 0 saturated heterocycles. The van der Waals surface area contributed by atoms with Gasteiger partial charge >= 0.3 is 0 Å². The van der Waals surface area contributed by atoms with Gasteiger partial charge in [0.25, 0.3) is 5.56 Å². The Morgan fingerprint density at radius 1 is 1.19 bits per heavy atom. The van der Waals surface area contributed by atoms with E-state index >= 15 is 0 Å². The number of aromatic amines is 1. The molecule has 0 saturated carbocycles. The molecule has 0 bridgehead atoms. The fourth-order valence-electron chi connectivity index (χ4n) is 2.56. The molecule has 1 aromatic heterocycles. The number of hydrogen-bond acceptors (Lipinski definition) is 4. The van der Waals surface area contributed by atoms with Crippen LogP contribution in [0.15, 0.2) is 64.5 Å². The Morgan fingerprint density at radius 3 is 2.67 bits per heavy atom. The molecule has 2 N–H and O–H groups in total. The second-order valence-corrected chi connectivity index (χ2v) is 7.35. The van der Waals surface area contributed by atoms with E-state index in [0.717, 1.165) is 5.56 Å². The summed E-state index contributed by atoms with van der Waals surface area (Å²) in [5.74, 6) is -0.0663. The fraction of sp³-hybridized carbons (Fsp3) is 0.150. The van der Waals surface area contributed by atoms with Gasteiger partial charge in [0.1, 0.15) is 0 Å². The van der Waals surface area contributed by atoms with Crippen molar-refractivity contribution in [2.75, 3.05) is 11.1 Å². The maximum absolute atomic E-state index is 12.4. The summed E-state index contributed by atoms with van der Waals surface area (Å²) in [7, 11) is 0. The third kappa shape index (κ3) is 5.45. The van der Waals surface area contributed by atoms with Gasteiger partial charge in [-0.3, -0.25) is 9.59 Å². The van der Waals surface area contributed by atoms with Crippen LogP contribution in [-0.2, 0) is 11.2 Å². The van der Waals surface area contributed by atoms with Crippen molar-refractivity contribution in [3.63, 3.8) is 0 Å². The predicted octanol–water partition coefficient (Wildman–Crippen LogP) is 4.05. The molecule has 27 heavy (non-hydrogen) atoms. The van der Waals surface area contributed by atoms with Gasteiger partial charge in [-0.25, -0.2) is 4.98 Å². The van der Waals surface area contributed by atoms with Crippen LogP contribution >= 0.6 is 23.4 Å². The zero-order valence-electron chi connectivity index (χ0n) is 14.7. The highest BCUT2D eigenvalue weighted by molar-refractivity contribution is 7.99. The quantitative estimate of drug-likeness (QED) is 0.484. The number of hydrogen-bond donors (Lipinski definition) is 2. The predicted molar refractivity (Wildman–Crippen MR) is 110 cm³/mol. The van der Waals surface area contributed by atoms with Crippen LogP contribution in [-0.4, -0.2) is 21.6 Å². The van der Waals surface area contributed by atoms with Gasteiger partial charge in [-0.1, -0.05) is 59.8 Å². The number of H-pyrrole nitrogens is 1. The molecule has 7 heteroatoms. The molecule has 0 fully saturated rings. The summed E-state index contributed by atoms with van der Waals surface area (Å²) in [6.45, 7) is 1.81. The summed E-state index contributed by atoms with van der Waals surface area (Å²) in [5, 5.41) is 3.74. The Bertz CT molecular complexity index is 1010. The molecule has 2 aromatic carbocycles. The second-order valence-electron chi connectivity index (χ2n) is 5.94. The van der Waals surface area contributed by atoms with Gasteiger partial charge in [-0.2, -0.15) is 0 Å².